The van der Waals surface area contributed by atoms with E-state index in [0.29, 0.717) is 6.54 Å². The fourth-order valence-electron chi connectivity index (χ4n) is 2.51. The minimum atomic E-state index is -0.113. The number of morpholine rings is 1. The lowest BCUT2D eigenvalue weighted by molar-refractivity contribution is -0.116. The first-order valence-corrected chi connectivity index (χ1v) is 8.88. The highest BCUT2D eigenvalue weighted by atomic mass is 32.1. The summed E-state index contributed by atoms with van der Waals surface area (Å²) in [6.45, 7) is 5.88. The smallest absolute Gasteiger partial charge is 0.244 e. The van der Waals surface area contributed by atoms with Crippen LogP contribution >= 0.6 is 11.3 Å². The molecule has 1 aromatic heterocycles. The molecule has 0 aliphatic carbocycles. The van der Waals surface area contributed by atoms with Gasteiger partial charge in [-0.15, -0.1) is 11.3 Å². The van der Waals surface area contributed by atoms with E-state index in [0.717, 1.165) is 42.6 Å². The standard InChI is InChI=1S/C18H21N3O2S/c1-14-20-16(13-24-14)4-7-18(22)19-12-15-2-5-17(6-3-15)21-8-10-23-11-9-21/h2-7,13H,8-12H2,1H3,(H,19,22)/b7-4-. The van der Waals surface area contributed by atoms with Gasteiger partial charge < -0.3 is 15.0 Å². The maximum Gasteiger partial charge on any atom is 0.244 e. The maximum absolute atomic E-state index is 11.9. The molecular weight excluding hydrogens is 322 g/mol. The summed E-state index contributed by atoms with van der Waals surface area (Å²) in [7, 11) is 0. The van der Waals surface area contributed by atoms with Crippen molar-refractivity contribution in [2.45, 2.75) is 13.5 Å². The number of nitrogens with one attached hydrogen (secondary N) is 1. The van der Waals surface area contributed by atoms with Gasteiger partial charge >= 0.3 is 0 Å². The summed E-state index contributed by atoms with van der Waals surface area (Å²) in [6.07, 6.45) is 3.26. The van der Waals surface area contributed by atoms with Crippen LogP contribution in [0.15, 0.2) is 35.7 Å². The van der Waals surface area contributed by atoms with Gasteiger partial charge in [-0.25, -0.2) is 4.98 Å². The van der Waals surface area contributed by atoms with E-state index in [1.807, 2.05) is 12.3 Å². The lowest BCUT2D eigenvalue weighted by atomic mass is 10.2. The van der Waals surface area contributed by atoms with Gasteiger partial charge in [-0.3, -0.25) is 4.79 Å². The second-order valence-corrected chi connectivity index (χ2v) is 6.67. The van der Waals surface area contributed by atoms with Gasteiger partial charge in [0.2, 0.25) is 5.91 Å². The van der Waals surface area contributed by atoms with Crippen LogP contribution < -0.4 is 10.2 Å². The largest absolute Gasteiger partial charge is 0.378 e. The minimum absolute atomic E-state index is 0.113. The zero-order chi connectivity index (χ0) is 16.8. The Morgan fingerprint density at radius 2 is 2.08 bits per heavy atom. The highest BCUT2D eigenvalue weighted by molar-refractivity contribution is 7.09. The molecule has 1 aliphatic heterocycles. The van der Waals surface area contributed by atoms with Crippen molar-refractivity contribution in [3.8, 4) is 0 Å². The van der Waals surface area contributed by atoms with Crippen molar-refractivity contribution in [3.63, 3.8) is 0 Å². The van der Waals surface area contributed by atoms with E-state index in [-0.39, 0.29) is 5.91 Å². The van der Waals surface area contributed by atoms with Crippen LogP contribution in [0, 0.1) is 6.92 Å². The van der Waals surface area contributed by atoms with Crippen molar-refractivity contribution < 1.29 is 9.53 Å². The number of carbonyl (C=O) groups excluding carboxylic acids is 1. The van der Waals surface area contributed by atoms with Crippen molar-refractivity contribution in [3.05, 3.63) is 52.0 Å². The Labute approximate surface area is 146 Å². The van der Waals surface area contributed by atoms with Gasteiger partial charge in [-0.1, -0.05) is 12.1 Å². The number of benzene rings is 1. The lowest BCUT2D eigenvalue weighted by Crippen LogP contribution is -2.36. The number of aryl methyl sites for hydroxylation is 1. The van der Waals surface area contributed by atoms with Gasteiger partial charge in [0.05, 0.1) is 23.9 Å². The highest BCUT2D eigenvalue weighted by Gasteiger charge is 2.10. The Morgan fingerprint density at radius 1 is 1.33 bits per heavy atom. The number of amides is 1. The predicted molar refractivity (Wildman–Crippen MR) is 97.2 cm³/mol. The van der Waals surface area contributed by atoms with Gasteiger partial charge in [0.1, 0.15) is 0 Å². The van der Waals surface area contributed by atoms with Gasteiger partial charge in [0.15, 0.2) is 0 Å². The number of carbonyl (C=O) groups is 1. The van der Waals surface area contributed by atoms with Crippen molar-refractivity contribution >= 4 is 29.0 Å². The lowest BCUT2D eigenvalue weighted by Gasteiger charge is -2.28. The van der Waals surface area contributed by atoms with E-state index in [4.69, 9.17) is 4.74 Å². The molecule has 1 fully saturated rings. The molecule has 0 radical (unpaired) electrons. The van der Waals surface area contributed by atoms with E-state index in [1.54, 1.807) is 17.4 Å². The zero-order valence-electron chi connectivity index (χ0n) is 13.7. The molecule has 0 spiro atoms. The van der Waals surface area contributed by atoms with Gasteiger partial charge in [-0.2, -0.15) is 0 Å². The first-order chi connectivity index (χ1) is 11.7. The maximum atomic E-state index is 11.9. The van der Waals surface area contributed by atoms with E-state index in [2.05, 4.69) is 39.5 Å². The van der Waals surface area contributed by atoms with E-state index >= 15 is 0 Å². The van der Waals surface area contributed by atoms with Crippen LogP contribution in [0.1, 0.15) is 16.3 Å². The Morgan fingerprint density at radius 3 is 2.75 bits per heavy atom. The fraction of sp³-hybridized carbons (Fsp3) is 0.333. The Balaban J connectivity index is 1.49. The number of hydrogen-bond donors (Lipinski definition) is 1. The van der Waals surface area contributed by atoms with Crippen LogP contribution in [-0.4, -0.2) is 37.2 Å². The molecule has 1 saturated heterocycles. The molecule has 24 heavy (non-hydrogen) atoms. The third kappa shape index (κ3) is 4.66. The Kier molecular flexibility index (Phi) is 5.61. The normalized spacial score (nSPS) is 15.0. The predicted octanol–water partition coefficient (Wildman–Crippen LogP) is 2.62. The summed E-state index contributed by atoms with van der Waals surface area (Å²) in [5, 5.41) is 5.82. The van der Waals surface area contributed by atoms with Crippen molar-refractivity contribution in [1.29, 1.82) is 0 Å². The molecule has 3 rings (SSSR count). The molecule has 1 amide bonds. The minimum Gasteiger partial charge on any atom is -0.378 e. The summed E-state index contributed by atoms with van der Waals surface area (Å²) in [6, 6.07) is 8.30. The van der Waals surface area contributed by atoms with E-state index < -0.39 is 0 Å². The van der Waals surface area contributed by atoms with Gasteiger partial charge in [0, 0.05) is 36.8 Å². The van der Waals surface area contributed by atoms with Crippen LogP contribution in [-0.2, 0) is 16.1 Å². The molecule has 6 heteroatoms. The van der Waals surface area contributed by atoms with Crippen LogP contribution in [0.5, 0.6) is 0 Å². The van der Waals surface area contributed by atoms with Gasteiger partial charge in [0.25, 0.3) is 0 Å². The number of aromatic nitrogens is 1. The van der Waals surface area contributed by atoms with Crippen molar-refractivity contribution in [2.75, 3.05) is 31.2 Å². The average molecular weight is 343 g/mol. The third-order valence-electron chi connectivity index (χ3n) is 3.82. The van der Waals surface area contributed by atoms with Gasteiger partial charge in [-0.05, 0) is 30.7 Å². The molecule has 0 atom stereocenters. The van der Waals surface area contributed by atoms with Crippen LogP contribution in [0.25, 0.3) is 6.08 Å². The molecule has 1 aliphatic rings. The number of thiazole rings is 1. The monoisotopic (exact) mass is 343 g/mol. The first kappa shape index (κ1) is 16.7. The highest BCUT2D eigenvalue weighted by Crippen LogP contribution is 2.16. The number of ether oxygens (including phenoxy) is 1. The molecule has 2 aromatic rings. The van der Waals surface area contributed by atoms with Crippen molar-refractivity contribution in [1.82, 2.24) is 10.3 Å². The molecule has 0 unspecified atom stereocenters. The molecule has 0 bridgehead atoms. The number of anilines is 1. The molecule has 5 nitrogen and oxygen atoms in total. The topological polar surface area (TPSA) is 54.5 Å². The summed E-state index contributed by atoms with van der Waals surface area (Å²) < 4.78 is 5.37. The third-order valence-corrected chi connectivity index (χ3v) is 4.61. The number of rotatable bonds is 5. The number of nitrogens with zero attached hydrogens (tertiary/aromatic N) is 2. The molecule has 0 saturated carbocycles. The van der Waals surface area contributed by atoms with E-state index in [1.165, 1.54) is 11.8 Å². The SMILES string of the molecule is Cc1nc(/C=C\C(=O)NCc2ccc(N3CCOCC3)cc2)cs1. The first-order valence-electron chi connectivity index (χ1n) is 8.00. The molecule has 2 heterocycles. The summed E-state index contributed by atoms with van der Waals surface area (Å²) in [5.41, 5.74) is 3.10. The second-order valence-electron chi connectivity index (χ2n) is 5.61. The second kappa shape index (κ2) is 8.08. The molecule has 126 valence electrons. The summed E-state index contributed by atoms with van der Waals surface area (Å²) >= 11 is 1.57. The number of hydrogen-bond acceptors (Lipinski definition) is 5. The summed E-state index contributed by atoms with van der Waals surface area (Å²) in [4.78, 5) is 18.5. The van der Waals surface area contributed by atoms with Crippen LogP contribution in [0.3, 0.4) is 0 Å². The summed E-state index contributed by atoms with van der Waals surface area (Å²) in [5.74, 6) is -0.113. The fourth-order valence-corrected chi connectivity index (χ4v) is 3.09. The Hall–Kier alpha value is -2.18. The molecule has 1 aromatic carbocycles. The van der Waals surface area contributed by atoms with Crippen LogP contribution in [0.2, 0.25) is 0 Å². The zero-order valence-corrected chi connectivity index (χ0v) is 14.5. The molecule has 1 N–H and O–H groups in total. The average Bonchev–Trinajstić information content (AvgIpc) is 3.05. The van der Waals surface area contributed by atoms with E-state index in [9.17, 15) is 4.79 Å². The van der Waals surface area contributed by atoms with Crippen LogP contribution in [0.4, 0.5) is 5.69 Å². The quantitative estimate of drug-likeness (QED) is 0.848. The Bertz CT molecular complexity index is 703. The molecular formula is C18H21N3O2S. The van der Waals surface area contributed by atoms with Crippen molar-refractivity contribution in [2.24, 2.45) is 0 Å².